The van der Waals surface area contributed by atoms with Crippen LogP contribution in [0.15, 0.2) is 23.0 Å². The molecule has 2 fully saturated rings. The third-order valence-corrected chi connectivity index (χ3v) is 4.62. The van der Waals surface area contributed by atoms with Crippen LogP contribution in [0.3, 0.4) is 0 Å². The van der Waals surface area contributed by atoms with E-state index in [0.717, 1.165) is 19.3 Å². The Morgan fingerprint density at radius 1 is 1.32 bits per heavy atom. The highest BCUT2D eigenvalue weighted by Crippen LogP contribution is 2.37. The van der Waals surface area contributed by atoms with E-state index in [9.17, 15) is 9.59 Å². The summed E-state index contributed by atoms with van der Waals surface area (Å²) in [5, 5.41) is 2.94. The number of likely N-dealkylation sites (tertiary alicyclic amines) is 1. The standard InChI is InChI=1S/C18H26N2O5/c1-4-5-6-8-19-16(21)14-15-13(24-18(2,3)25-15)10-20(14)17(22)12-7-9-23-11-12/h7,9,11,13-15H,4-6,8,10H2,1-3H3,(H,19,21)/t13-,14-,15-/m0/s1. The molecule has 0 radical (unpaired) electrons. The second kappa shape index (κ2) is 7.17. The zero-order chi connectivity index (χ0) is 18.0. The number of amides is 2. The molecular weight excluding hydrogens is 324 g/mol. The molecule has 0 aliphatic carbocycles. The summed E-state index contributed by atoms with van der Waals surface area (Å²) in [6.07, 6.45) is 5.12. The summed E-state index contributed by atoms with van der Waals surface area (Å²) < 4.78 is 16.8. The van der Waals surface area contributed by atoms with E-state index in [1.165, 1.54) is 17.4 Å². The number of nitrogens with one attached hydrogen (secondary N) is 1. The van der Waals surface area contributed by atoms with E-state index in [4.69, 9.17) is 13.9 Å². The van der Waals surface area contributed by atoms with Crippen molar-refractivity contribution in [3.8, 4) is 0 Å². The van der Waals surface area contributed by atoms with Crippen molar-refractivity contribution < 1.29 is 23.5 Å². The molecule has 0 spiro atoms. The van der Waals surface area contributed by atoms with Crippen LogP contribution in [0.25, 0.3) is 0 Å². The topological polar surface area (TPSA) is 81.0 Å². The van der Waals surface area contributed by atoms with Gasteiger partial charge in [-0.2, -0.15) is 0 Å². The summed E-state index contributed by atoms with van der Waals surface area (Å²) in [4.78, 5) is 27.1. The summed E-state index contributed by atoms with van der Waals surface area (Å²) in [6.45, 7) is 6.68. The van der Waals surface area contributed by atoms with E-state index in [1.54, 1.807) is 6.07 Å². The van der Waals surface area contributed by atoms with Gasteiger partial charge in [0.15, 0.2) is 5.79 Å². The number of rotatable bonds is 6. The molecule has 3 atom stereocenters. The van der Waals surface area contributed by atoms with Crippen molar-refractivity contribution >= 4 is 11.8 Å². The van der Waals surface area contributed by atoms with Crippen molar-refractivity contribution in [1.82, 2.24) is 10.2 Å². The van der Waals surface area contributed by atoms with Crippen molar-refractivity contribution in [2.24, 2.45) is 0 Å². The molecule has 138 valence electrons. The number of hydrogen-bond donors (Lipinski definition) is 1. The summed E-state index contributed by atoms with van der Waals surface area (Å²) in [7, 11) is 0. The van der Waals surface area contributed by atoms with Crippen molar-refractivity contribution in [2.45, 2.75) is 64.1 Å². The third kappa shape index (κ3) is 3.72. The minimum Gasteiger partial charge on any atom is -0.472 e. The van der Waals surface area contributed by atoms with E-state index in [-0.39, 0.29) is 17.9 Å². The van der Waals surface area contributed by atoms with Crippen LogP contribution >= 0.6 is 0 Å². The molecule has 1 aromatic heterocycles. The van der Waals surface area contributed by atoms with Gasteiger partial charge >= 0.3 is 0 Å². The number of fused-ring (bicyclic) bond motifs is 1. The molecule has 2 amide bonds. The maximum Gasteiger partial charge on any atom is 0.257 e. The lowest BCUT2D eigenvalue weighted by Crippen LogP contribution is -2.51. The number of unbranched alkanes of at least 4 members (excludes halogenated alkanes) is 2. The van der Waals surface area contributed by atoms with E-state index in [0.29, 0.717) is 18.7 Å². The molecule has 7 heteroatoms. The van der Waals surface area contributed by atoms with Crippen molar-refractivity contribution in [3.63, 3.8) is 0 Å². The summed E-state index contributed by atoms with van der Waals surface area (Å²) in [5.41, 5.74) is 0.419. The van der Waals surface area contributed by atoms with Gasteiger partial charge in [-0.1, -0.05) is 19.8 Å². The maximum atomic E-state index is 12.8. The number of nitrogens with zero attached hydrogens (tertiary/aromatic N) is 1. The zero-order valence-electron chi connectivity index (χ0n) is 15.0. The summed E-state index contributed by atoms with van der Waals surface area (Å²) in [5.74, 6) is -1.19. The lowest BCUT2D eigenvalue weighted by atomic mass is 10.1. The van der Waals surface area contributed by atoms with Gasteiger partial charge in [-0.05, 0) is 26.3 Å². The van der Waals surface area contributed by atoms with Gasteiger partial charge in [0.1, 0.15) is 24.5 Å². The van der Waals surface area contributed by atoms with Crippen LogP contribution in [-0.2, 0) is 14.3 Å². The Bertz CT molecular complexity index is 613. The van der Waals surface area contributed by atoms with Crippen LogP contribution in [0.5, 0.6) is 0 Å². The number of carbonyl (C=O) groups is 2. The fourth-order valence-corrected chi connectivity index (χ4v) is 3.50. The molecule has 3 rings (SSSR count). The molecule has 3 heterocycles. The van der Waals surface area contributed by atoms with E-state index < -0.39 is 17.9 Å². The van der Waals surface area contributed by atoms with Gasteiger partial charge < -0.3 is 24.1 Å². The fourth-order valence-electron chi connectivity index (χ4n) is 3.50. The highest BCUT2D eigenvalue weighted by molar-refractivity contribution is 5.98. The van der Waals surface area contributed by atoms with Crippen LogP contribution in [0.1, 0.15) is 50.4 Å². The lowest BCUT2D eigenvalue weighted by molar-refractivity contribution is -0.162. The molecule has 2 aliphatic heterocycles. The Kier molecular flexibility index (Phi) is 5.15. The number of furan rings is 1. The van der Waals surface area contributed by atoms with Crippen molar-refractivity contribution in [2.75, 3.05) is 13.1 Å². The van der Waals surface area contributed by atoms with Gasteiger partial charge in [0.25, 0.3) is 5.91 Å². The highest BCUT2D eigenvalue weighted by Gasteiger charge is 2.56. The monoisotopic (exact) mass is 350 g/mol. The van der Waals surface area contributed by atoms with Gasteiger partial charge in [-0.25, -0.2) is 0 Å². The van der Waals surface area contributed by atoms with Crippen LogP contribution in [0.4, 0.5) is 0 Å². The molecule has 0 saturated carbocycles. The minimum absolute atomic E-state index is 0.193. The van der Waals surface area contributed by atoms with Gasteiger partial charge in [0.05, 0.1) is 18.4 Å². The lowest BCUT2D eigenvalue weighted by Gasteiger charge is -2.28. The Hall–Kier alpha value is -1.86. The second-order valence-corrected chi connectivity index (χ2v) is 7.05. The Labute approximate surface area is 147 Å². The average molecular weight is 350 g/mol. The third-order valence-electron chi connectivity index (χ3n) is 4.62. The first-order valence-corrected chi connectivity index (χ1v) is 8.89. The quantitative estimate of drug-likeness (QED) is 0.793. The first-order chi connectivity index (χ1) is 11.9. The summed E-state index contributed by atoms with van der Waals surface area (Å²) in [6, 6.07) is 0.897. The first-order valence-electron chi connectivity index (χ1n) is 8.89. The number of carbonyl (C=O) groups excluding carboxylic acids is 2. The molecular formula is C18H26N2O5. The Balaban J connectivity index is 1.75. The van der Waals surface area contributed by atoms with Gasteiger partial charge in [0.2, 0.25) is 5.91 Å². The molecule has 1 aromatic rings. The van der Waals surface area contributed by atoms with Crippen LogP contribution < -0.4 is 5.32 Å². The molecule has 0 aromatic carbocycles. The molecule has 1 N–H and O–H groups in total. The van der Waals surface area contributed by atoms with Gasteiger partial charge in [-0.3, -0.25) is 9.59 Å². The van der Waals surface area contributed by atoms with E-state index in [1.807, 2.05) is 13.8 Å². The second-order valence-electron chi connectivity index (χ2n) is 7.05. The maximum absolute atomic E-state index is 12.8. The Morgan fingerprint density at radius 2 is 2.12 bits per heavy atom. The normalized spacial score (nSPS) is 27.3. The molecule has 0 bridgehead atoms. The van der Waals surface area contributed by atoms with Crippen LogP contribution in [-0.4, -0.2) is 53.8 Å². The fraction of sp³-hybridized carbons (Fsp3) is 0.667. The van der Waals surface area contributed by atoms with Gasteiger partial charge in [0, 0.05) is 6.54 Å². The molecule has 25 heavy (non-hydrogen) atoms. The smallest absolute Gasteiger partial charge is 0.257 e. The SMILES string of the molecule is CCCCCNC(=O)[C@@H]1[C@H]2OC(C)(C)O[C@H]2CN1C(=O)c1ccoc1. The predicted molar refractivity (Wildman–Crippen MR) is 89.9 cm³/mol. The summed E-state index contributed by atoms with van der Waals surface area (Å²) >= 11 is 0. The van der Waals surface area contributed by atoms with Crippen molar-refractivity contribution in [1.29, 1.82) is 0 Å². The molecule has 2 aliphatic rings. The first kappa shape index (κ1) is 17.9. The van der Waals surface area contributed by atoms with Crippen LogP contribution in [0, 0.1) is 0 Å². The predicted octanol–water partition coefficient (Wildman–Crippen LogP) is 1.93. The minimum atomic E-state index is -0.749. The molecule has 0 unspecified atom stereocenters. The average Bonchev–Trinajstić information content (AvgIpc) is 3.24. The highest BCUT2D eigenvalue weighted by atomic mass is 16.8. The number of hydrogen-bond acceptors (Lipinski definition) is 5. The number of ether oxygens (including phenoxy) is 2. The largest absolute Gasteiger partial charge is 0.472 e. The Morgan fingerprint density at radius 3 is 2.80 bits per heavy atom. The zero-order valence-corrected chi connectivity index (χ0v) is 15.0. The van der Waals surface area contributed by atoms with E-state index in [2.05, 4.69) is 12.2 Å². The van der Waals surface area contributed by atoms with Gasteiger partial charge in [-0.15, -0.1) is 0 Å². The molecule has 2 saturated heterocycles. The van der Waals surface area contributed by atoms with Crippen molar-refractivity contribution in [3.05, 3.63) is 24.2 Å². The van der Waals surface area contributed by atoms with E-state index >= 15 is 0 Å². The molecule has 7 nitrogen and oxygen atoms in total. The van der Waals surface area contributed by atoms with Crippen LogP contribution in [0.2, 0.25) is 0 Å².